The molecule has 0 atom stereocenters. The van der Waals surface area contributed by atoms with Crippen molar-refractivity contribution in [3.05, 3.63) is 29.8 Å². The Balaban J connectivity index is 2.94. The van der Waals surface area contributed by atoms with Crippen LogP contribution in [0.15, 0.2) is 29.2 Å². The van der Waals surface area contributed by atoms with Crippen LogP contribution in [-0.4, -0.2) is 20.9 Å². The van der Waals surface area contributed by atoms with E-state index in [-0.39, 0.29) is 10.5 Å². The van der Waals surface area contributed by atoms with Gasteiger partial charge in [0.05, 0.1) is 10.5 Å². The molecule has 0 saturated heterocycles. The monoisotopic (exact) mass is 275 g/mol. The SMILES string of the molecule is CCCCNC(=O)c1ccccc1S(=O)(=O)Cl. The van der Waals surface area contributed by atoms with Gasteiger partial charge in [0, 0.05) is 17.2 Å². The topological polar surface area (TPSA) is 63.2 Å². The van der Waals surface area contributed by atoms with Gasteiger partial charge < -0.3 is 5.32 Å². The van der Waals surface area contributed by atoms with Gasteiger partial charge in [-0.1, -0.05) is 25.5 Å². The van der Waals surface area contributed by atoms with Crippen molar-refractivity contribution in [2.24, 2.45) is 0 Å². The molecule has 0 aromatic heterocycles. The predicted molar refractivity (Wildman–Crippen MR) is 66.7 cm³/mol. The lowest BCUT2D eigenvalue weighted by molar-refractivity contribution is 0.0950. The number of benzene rings is 1. The lowest BCUT2D eigenvalue weighted by Gasteiger charge is -2.07. The number of amides is 1. The van der Waals surface area contributed by atoms with Gasteiger partial charge in [-0.3, -0.25) is 4.79 Å². The zero-order chi connectivity index (χ0) is 12.9. The minimum absolute atomic E-state index is 0.0820. The Kier molecular flexibility index (Phi) is 4.96. The van der Waals surface area contributed by atoms with Gasteiger partial charge in [0.25, 0.3) is 15.0 Å². The molecule has 17 heavy (non-hydrogen) atoms. The maximum atomic E-state index is 11.8. The molecular formula is C11H14ClNO3S. The van der Waals surface area contributed by atoms with Crippen molar-refractivity contribution >= 4 is 25.6 Å². The first-order valence-electron chi connectivity index (χ1n) is 5.28. The number of unbranched alkanes of at least 4 members (excludes halogenated alkanes) is 1. The minimum Gasteiger partial charge on any atom is -0.352 e. The highest BCUT2D eigenvalue weighted by atomic mass is 35.7. The fraction of sp³-hybridized carbons (Fsp3) is 0.364. The van der Waals surface area contributed by atoms with Crippen LogP contribution in [0.3, 0.4) is 0 Å². The van der Waals surface area contributed by atoms with E-state index < -0.39 is 15.0 Å². The van der Waals surface area contributed by atoms with Gasteiger partial charge in [0.2, 0.25) is 0 Å². The summed E-state index contributed by atoms with van der Waals surface area (Å²) in [5.41, 5.74) is 0.0820. The van der Waals surface area contributed by atoms with Crippen LogP contribution < -0.4 is 5.32 Å². The van der Waals surface area contributed by atoms with E-state index in [4.69, 9.17) is 10.7 Å². The zero-order valence-corrected chi connectivity index (χ0v) is 11.0. The molecule has 4 nitrogen and oxygen atoms in total. The van der Waals surface area contributed by atoms with E-state index in [2.05, 4.69) is 5.32 Å². The molecule has 0 aliphatic carbocycles. The van der Waals surface area contributed by atoms with E-state index in [0.717, 1.165) is 12.8 Å². The molecule has 1 aromatic rings. The molecule has 6 heteroatoms. The molecule has 94 valence electrons. The van der Waals surface area contributed by atoms with Gasteiger partial charge >= 0.3 is 0 Å². The molecule has 0 heterocycles. The van der Waals surface area contributed by atoms with Crippen molar-refractivity contribution in [2.45, 2.75) is 24.7 Å². The van der Waals surface area contributed by atoms with Crippen LogP contribution in [0.1, 0.15) is 30.1 Å². The highest BCUT2D eigenvalue weighted by Crippen LogP contribution is 2.19. The van der Waals surface area contributed by atoms with Crippen LogP contribution in [0.25, 0.3) is 0 Å². The highest BCUT2D eigenvalue weighted by Gasteiger charge is 2.19. The van der Waals surface area contributed by atoms with Crippen molar-refractivity contribution in [2.75, 3.05) is 6.54 Å². The van der Waals surface area contributed by atoms with E-state index in [0.29, 0.717) is 6.54 Å². The molecule has 0 unspecified atom stereocenters. The van der Waals surface area contributed by atoms with Crippen molar-refractivity contribution in [1.29, 1.82) is 0 Å². The molecule has 0 spiro atoms. The molecule has 0 radical (unpaired) electrons. The molecule has 1 N–H and O–H groups in total. The number of nitrogens with one attached hydrogen (secondary N) is 1. The van der Waals surface area contributed by atoms with Crippen LogP contribution in [0, 0.1) is 0 Å². The van der Waals surface area contributed by atoms with Crippen molar-refractivity contribution in [3.8, 4) is 0 Å². The molecular weight excluding hydrogens is 262 g/mol. The number of rotatable bonds is 5. The van der Waals surface area contributed by atoms with E-state index >= 15 is 0 Å². The minimum atomic E-state index is -3.90. The maximum Gasteiger partial charge on any atom is 0.262 e. The smallest absolute Gasteiger partial charge is 0.262 e. The molecule has 0 aliphatic rings. The Morgan fingerprint density at radius 2 is 2.00 bits per heavy atom. The first-order chi connectivity index (χ1) is 7.96. The summed E-state index contributed by atoms with van der Waals surface area (Å²) in [4.78, 5) is 11.6. The van der Waals surface area contributed by atoms with Crippen LogP contribution in [0.4, 0.5) is 0 Å². The molecule has 0 bridgehead atoms. The summed E-state index contributed by atoms with van der Waals surface area (Å²) in [5, 5.41) is 2.65. The van der Waals surface area contributed by atoms with Crippen molar-refractivity contribution < 1.29 is 13.2 Å². The largest absolute Gasteiger partial charge is 0.352 e. The second-order valence-corrected chi connectivity index (χ2v) is 6.08. The summed E-state index contributed by atoms with van der Waals surface area (Å²) in [6.45, 7) is 2.52. The highest BCUT2D eigenvalue weighted by molar-refractivity contribution is 8.13. The number of carbonyl (C=O) groups excluding carboxylic acids is 1. The predicted octanol–water partition coefficient (Wildman–Crippen LogP) is 2.14. The third-order valence-electron chi connectivity index (χ3n) is 2.21. The van der Waals surface area contributed by atoms with Crippen LogP contribution in [0.2, 0.25) is 0 Å². The van der Waals surface area contributed by atoms with Gasteiger partial charge in [-0.2, -0.15) is 0 Å². The Hall–Kier alpha value is -1.07. The fourth-order valence-electron chi connectivity index (χ4n) is 1.34. The van der Waals surface area contributed by atoms with Crippen molar-refractivity contribution in [1.82, 2.24) is 5.32 Å². The zero-order valence-electron chi connectivity index (χ0n) is 9.44. The molecule has 1 amide bonds. The number of carbonyl (C=O) groups is 1. The summed E-state index contributed by atoms with van der Waals surface area (Å²) in [7, 11) is 1.36. The van der Waals surface area contributed by atoms with Crippen LogP contribution >= 0.6 is 10.7 Å². The molecule has 0 saturated carbocycles. The second kappa shape index (κ2) is 6.02. The lowest BCUT2D eigenvalue weighted by Crippen LogP contribution is -2.25. The summed E-state index contributed by atoms with van der Waals surface area (Å²) in [5.74, 6) is -0.418. The van der Waals surface area contributed by atoms with Crippen LogP contribution in [0.5, 0.6) is 0 Å². The summed E-state index contributed by atoms with van der Waals surface area (Å²) in [6.07, 6.45) is 1.80. The molecule has 1 aromatic carbocycles. The van der Waals surface area contributed by atoms with Gasteiger partial charge in [-0.05, 0) is 18.6 Å². The Morgan fingerprint density at radius 1 is 1.35 bits per heavy atom. The van der Waals surface area contributed by atoms with Crippen LogP contribution in [-0.2, 0) is 9.05 Å². The third kappa shape index (κ3) is 4.02. The van der Waals surface area contributed by atoms with E-state index in [9.17, 15) is 13.2 Å². The van der Waals surface area contributed by atoms with Gasteiger partial charge in [0.15, 0.2) is 0 Å². The second-order valence-electron chi connectivity index (χ2n) is 3.54. The number of hydrogen-bond donors (Lipinski definition) is 1. The van der Waals surface area contributed by atoms with Gasteiger partial charge in [0.1, 0.15) is 0 Å². The number of halogens is 1. The average molecular weight is 276 g/mol. The quantitative estimate of drug-likeness (QED) is 0.661. The standard InChI is InChI=1S/C11H14ClNO3S/c1-2-3-8-13-11(14)9-6-4-5-7-10(9)17(12,15)16/h4-7H,2-3,8H2,1H3,(H,13,14). The Labute approximate surface area is 105 Å². The summed E-state index contributed by atoms with van der Waals surface area (Å²) in [6, 6.07) is 5.88. The summed E-state index contributed by atoms with van der Waals surface area (Å²) < 4.78 is 22.5. The van der Waals surface area contributed by atoms with E-state index in [1.165, 1.54) is 18.2 Å². The summed E-state index contributed by atoms with van der Waals surface area (Å²) >= 11 is 0. The first kappa shape index (κ1) is 14.0. The van der Waals surface area contributed by atoms with E-state index in [1.807, 2.05) is 6.92 Å². The molecule has 1 rings (SSSR count). The molecule has 0 fully saturated rings. The van der Waals surface area contributed by atoms with Gasteiger partial charge in [-0.15, -0.1) is 0 Å². The third-order valence-corrected chi connectivity index (χ3v) is 3.59. The molecule has 0 aliphatic heterocycles. The first-order valence-corrected chi connectivity index (χ1v) is 7.59. The Morgan fingerprint density at radius 3 is 2.59 bits per heavy atom. The average Bonchev–Trinajstić information content (AvgIpc) is 2.28. The Bertz CT molecular complexity index is 499. The number of hydrogen-bond acceptors (Lipinski definition) is 3. The van der Waals surface area contributed by atoms with Crippen molar-refractivity contribution in [3.63, 3.8) is 0 Å². The maximum absolute atomic E-state index is 11.8. The van der Waals surface area contributed by atoms with E-state index in [1.54, 1.807) is 6.07 Å². The fourth-order valence-corrected chi connectivity index (χ4v) is 2.41. The lowest BCUT2D eigenvalue weighted by atomic mass is 10.2. The van der Waals surface area contributed by atoms with Gasteiger partial charge in [-0.25, -0.2) is 8.42 Å². The normalized spacial score (nSPS) is 11.2.